The zero-order valence-corrected chi connectivity index (χ0v) is 16.9. The zero-order valence-electron chi connectivity index (χ0n) is 16.2. The molecule has 0 saturated carbocycles. The summed E-state index contributed by atoms with van der Waals surface area (Å²) in [5.41, 5.74) is 4.63. The minimum atomic E-state index is -0.908. The molecule has 2 heterocycles. The standard InChI is InChI=1S/C21H15ClFN5O3/c1-11-25-17(19(24)30)18-20(26-11)28(15-5-3-2-4-14(15)23)21(31)27(18)10-16(29)12-6-8-13(22)9-7-12/h2-9H,10H2,1H3,(H2,24,30). The van der Waals surface area contributed by atoms with E-state index in [1.54, 1.807) is 18.2 Å². The number of Topliss-reactive ketones (excluding diaryl/α,β-unsaturated/α-hetero) is 1. The minimum Gasteiger partial charge on any atom is -0.364 e. The van der Waals surface area contributed by atoms with Gasteiger partial charge in [0.05, 0.1) is 12.2 Å². The second-order valence-electron chi connectivity index (χ2n) is 6.74. The first-order valence-corrected chi connectivity index (χ1v) is 9.49. The molecular formula is C21H15ClFN5O3. The fourth-order valence-corrected chi connectivity index (χ4v) is 3.43. The van der Waals surface area contributed by atoms with E-state index < -0.39 is 29.7 Å². The Labute approximate surface area is 179 Å². The van der Waals surface area contributed by atoms with Crippen LogP contribution in [-0.4, -0.2) is 30.8 Å². The highest BCUT2D eigenvalue weighted by Crippen LogP contribution is 2.21. The van der Waals surface area contributed by atoms with Gasteiger partial charge in [0.15, 0.2) is 17.1 Å². The van der Waals surface area contributed by atoms with Crippen LogP contribution in [0.1, 0.15) is 26.7 Å². The van der Waals surface area contributed by atoms with Crippen molar-refractivity contribution >= 4 is 34.5 Å². The number of para-hydroxylation sites is 1. The van der Waals surface area contributed by atoms with Gasteiger partial charge in [-0.1, -0.05) is 23.7 Å². The number of ketones is 1. The summed E-state index contributed by atoms with van der Waals surface area (Å²) in [5, 5.41) is 0.449. The van der Waals surface area contributed by atoms with Crippen molar-refractivity contribution in [1.29, 1.82) is 0 Å². The Balaban J connectivity index is 2.00. The molecule has 0 aliphatic rings. The molecule has 0 unspecified atom stereocenters. The molecule has 0 aliphatic heterocycles. The van der Waals surface area contributed by atoms with Crippen LogP contribution < -0.4 is 11.4 Å². The molecule has 10 heteroatoms. The van der Waals surface area contributed by atoms with Crippen LogP contribution in [0.15, 0.2) is 53.3 Å². The topological polar surface area (TPSA) is 113 Å². The van der Waals surface area contributed by atoms with Crippen LogP contribution in [0.2, 0.25) is 5.02 Å². The number of aryl methyl sites for hydroxylation is 1. The lowest BCUT2D eigenvalue weighted by Crippen LogP contribution is -2.27. The van der Waals surface area contributed by atoms with Gasteiger partial charge in [-0.2, -0.15) is 0 Å². The number of carbonyl (C=O) groups is 2. The molecule has 0 radical (unpaired) electrons. The molecule has 8 nitrogen and oxygen atoms in total. The summed E-state index contributed by atoms with van der Waals surface area (Å²) in [4.78, 5) is 46.5. The number of primary amides is 1. The summed E-state index contributed by atoms with van der Waals surface area (Å²) in [6, 6.07) is 11.7. The molecule has 0 atom stereocenters. The Bertz CT molecular complexity index is 1410. The third-order valence-corrected chi connectivity index (χ3v) is 4.93. The number of nitrogens with zero attached hydrogens (tertiary/aromatic N) is 4. The number of carbonyl (C=O) groups excluding carboxylic acids is 2. The quantitative estimate of drug-likeness (QED) is 0.480. The molecule has 4 rings (SSSR count). The maximum Gasteiger partial charge on any atom is 0.335 e. The first kappa shape index (κ1) is 20.4. The molecule has 0 saturated heterocycles. The van der Waals surface area contributed by atoms with Gasteiger partial charge >= 0.3 is 5.69 Å². The number of hydrogen-bond acceptors (Lipinski definition) is 5. The predicted molar refractivity (Wildman–Crippen MR) is 112 cm³/mol. The number of hydrogen-bond donors (Lipinski definition) is 1. The molecule has 2 N–H and O–H groups in total. The van der Waals surface area contributed by atoms with Crippen LogP contribution in [0, 0.1) is 12.7 Å². The Morgan fingerprint density at radius 3 is 2.42 bits per heavy atom. The molecule has 1 amide bonds. The van der Waals surface area contributed by atoms with Gasteiger partial charge in [-0.05, 0) is 43.3 Å². The van der Waals surface area contributed by atoms with Crippen molar-refractivity contribution in [3.8, 4) is 5.69 Å². The lowest BCUT2D eigenvalue weighted by Gasteiger charge is -2.06. The summed E-state index contributed by atoms with van der Waals surface area (Å²) in [5.74, 6) is -1.85. The molecule has 0 bridgehead atoms. The molecule has 0 fully saturated rings. The third kappa shape index (κ3) is 3.59. The second-order valence-corrected chi connectivity index (χ2v) is 7.18. The number of amides is 1. The van der Waals surface area contributed by atoms with Crippen molar-refractivity contribution in [3.05, 3.63) is 86.9 Å². The van der Waals surface area contributed by atoms with Crippen LogP contribution in [0.25, 0.3) is 16.9 Å². The Kier molecular flexibility index (Phi) is 5.12. The van der Waals surface area contributed by atoms with Crippen LogP contribution in [0.4, 0.5) is 4.39 Å². The van der Waals surface area contributed by atoms with Crippen LogP contribution in [0.5, 0.6) is 0 Å². The van der Waals surface area contributed by atoms with Gasteiger partial charge in [-0.25, -0.2) is 23.7 Å². The average Bonchev–Trinajstić information content (AvgIpc) is 2.99. The maximum atomic E-state index is 14.5. The number of imidazole rings is 1. The number of nitrogens with two attached hydrogens (primary N) is 1. The molecular weight excluding hydrogens is 425 g/mol. The molecule has 4 aromatic rings. The van der Waals surface area contributed by atoms with E-state index in [0.29, 0.717) is 10.6 Å². The summed E-state index contributed by atoms with van der Waals surface area (Å²) in [7, 11) is 0. The summed E-state index contributed by atoms with van der Waals surface area (Å²) >= 11 is 5.86. The van der Waals surface area contributed by atoms with Crippen LogP contribution in [-0.2, 0) is 6.54 Å². The third-order valence-electron chi connectivity index (χ3n) is 4.68. The smallest absolute Gasteiger partial charge is 0.335 e. The monoisotopic (exact) mass is 439 g/mol. The Morgan fingerprint density at radius 2 is 1.77 bits per heavy atom. The molecule has 31 heavy (non-hydrogen) atoms. The number of benzene rings is 2. The molecule has 2 aromatic heterocycles. The minimum absolute atomic E-state index is 0.0275. The first-order valence-electron chi connectivity index (χ1n) is 9.11. The SMILES string of the molecule is Cc1nc(C(N)=O)c2c(n1)n(-c1ccccc1F)c(=O)n2CC(=O)c1ccc(Cl)cc1. The fraction of sp³-hybridized carbons (Fsp3) is 0.0952. The maximum absolute atomic E-state index is 14.5. The van der Waals surface area contributed by atoms with Crippen molar-refractivity contribution in [2.45, 2.75) is 13.5 Å². The van der Waals surface area contributed by atoms with Crippen molar-refractivity contribution < 1.29 is 14.0 Å². The van der Waals surface area contributed by atoms with Gasteiger partial charge in [-0.15, -0.1) is 0 Å². The zero-order chi connectivity index (χ0) is 22.3. The predicted octanol–water partition coefficient (Wildman–Crippen LogP) is 2.66. The largest absolute Gasteiger partial charge is 0.364 e. The van der Waals surface area contributed by atoms with E-state index in [-0.39, 0.29) is 28.4 Å². The van der Waals surface area contributed by atoms with E-state index in [2.05, 4.69) is 9.97 Å². The lowest BCUT2D eigenvalue weighted by molar-refractivity contribution is 0.0966. The number of fused-ring (bicyclic) bond motifs is 1. The van der Waals surface area contributed by atoms with E-state index in [0.717, 1.165) is 9.13 Å². The van der Waals surface area contributed by atoms with Gasteiger partial charge in [0.25, 0.3) is 5.91 Å². The Hall–Kier alpha value is -3.85. The molecule has 2 aromatic carbocycles. The van der Waals surface area contributed by atoms with E-state index in [1.165, 1.54) is 37.3 Å². The van der Waals surface area contributed by atoms with Crippen LogP contribution in [0.3, 0.4) is 0 Å². The lowest BCUT2D eigenvalue weighted by atomic mass is 10.1. The van der Waals surface area contributed by atoms with Gasteiger partial charge < -0.3 is 5.73 Å². The Morgan fingerprint density at radius 1 is 1.10 bits per heavy atom. The fourth-order valence-electron chi connectivity index (χ4n) is 3.30. The van der Waals surface area contributed by atoms with E-state index >= 15 is 0 Å². The average molecular weight is 440 g/mol. The summed E-state index contributed by atoms with van der Waals surface area (Å²) in [6.07, 6.45) is 0. The van der Waals surface area contributed by atoms with E-state index in [4.69, 9.17) is 17.3 Å². The van der Waals surface area contributed by atoms with Gasteiger partial charge in [0.1, 0.15) is 17.2 Å². The highest BCUT2D eigenvalue weighted by molar-refractivity contribution is 6.30. The molecule has 0 spiro atoms. The number of halogens is 2. The second kappa shape index (κ2) is 7.77. The van der Waals surface area contributed by atoms with Crippen LogP contribution >= 0.6 is 11.6 Å². The summed E-state index contributed by atoms with van der Waals surface area (Å²) < 4.78 is 16.6. The van der Waals surface area contributed by atoms with E-state index in [1.807, 2.05) is 0 Å². The van der Waals surface area contributed by atoms with Gasteiger partial charge in [0.2, 0.25) is 0 Å². The van der Waals surface area contributed by atoms with Gasteiger partial charge in [0, 0.05) is 10.6 Å². The number of aromatic nitrogens is 4. The van der Waals surface area contributed by atoms with Crippen molar-refractivity contribution in [1.82, 2.24) is 19.1 Å². The molecule has 0 aliphatic carbocycles. The van der Waals surface area contributed by atoms with Crippen molar-refractivity contribution in [2.24, 2.45) is 5.73 Å². The molecule has 156 valence electrons. The number of rotatable bonds is 5. The van der Waals surface area contributed by atoms with Crippen molar-refractivity contribution in [3.63, 3.8) is 0 Å². The van der Waals surface area contributed by atoms with Crippen molar-refractivity contribution in [2.75, 3.05) is 0 Å². The summed E-state index contributed by atoms with van der Waals surface area (Å²) in [6.45, 7) is 1.07. The highest BCUT2D eigenvalue weighted by atomic mass is 35.5. The van der Waals surface area contributed by atoms with E-state index in [9.17, 15) is 18.8 Å². The van der Waals surface area contributed by atoms with Gasteiger partial charge in [-0.3, -0.25) is 14.2 Å². The normalized spacial score (nSPS) is 11.1. The highest BCUT2D eigenvalue weighted by Gasteiger charge is 2.25. The first-order chi connectivity index (χ1) is 14.8.